The number of ether oxygens (including phenoxy) is 1. The van der Waals surface area contributed by atoms with E-state index in [1.54, 1.807) is 0 Å². The second-order valence-electron chi connectivity index (χ2n) is 9.56. The van der Waals surface area contributed by atoms with E-state index in [1.807, 2.05) is 31.2 Å². The second-order valence-corrected chi connectivity index (χ2v) is 10.9. The quantitative estimate of drug-likeness (QED) is 0.399. The minimum absolute atomic E-state index is 0.0775. The summed E-state index contributed by atoms with van der Waals surface area (Å²) in [6, 6.07) is 8.10. The highest BCUT2D eigenvalue weighted by Crippen LogP contribution is 2.67. The molecule has 7 atom stereocenters. The molecular formula is C26H27IO4. The molecular weight excluding hydrogens is 503 g/mol. The third-order valence-electron chi connectivity index (χ3n) is 8.07. The number of aliphatic carboxylic acids is 1. The van der Waals surface area contributed by atoms with Gasteiger partial charge in [0.15, 0.2) is 0 Å². The topological polar surface area (TPSA) is 63.6 Å². The molecule has 0 amide bonds. The Morgan fingerprint density at radius 2 is 1.90 bits per heavy atom. The first-order valence-electron chi connectivity index (χ1n) is 11.1. The van der Waals surface area contributed by atoms with Crippen LogP contribution in [0.3, 0.4) is 0 Å². The van der Waals surface area contributed by atoms with Gasteiger partial charge >= 0.3 is 11.9 Å². The van der Waals surface area contributed by atoms with Crippen LogP contribution >= 0.6 is 22.6 Å². The van der Waals surface area contributed by atoms with Crippen molar-refractivity contribution in [3.05, 3.63) is 68.8 Å². The summed E-state index contributed by atoms with van der Waals surface area (Å²) in [5.41, 5.74) is 2.97. The average Bonchev–Trinajstić information content (AvgIpc) is 2.75. The van der Waals surface area contributed by atoms with E-state index in [-0.39, 0.29) is 35.2 Å². The van der Waals surface area contributed by atoms with Crippen LogP contribution in [0, 0.1) is 23.2 Å². The zero-order valence-corrected chi connectivity index (χ0v) is 19.9. The van der Waals surface area contributed by atoms with Gasteiger partial charge in [-0.05, 0) is 75.0 Å². The fraction of sp³-hybridized carbons (Fsp3) is 0.462. The maximum absolute atomic E-state index is 13.7. The first kappa shape index (κ1) is 21.0. The van der Waals surface area contributed by atoms with Crippen LogP contribution in [0.5, 0.6) is 0 Å². The van der Waals surface area contributed by atoms with E-state index in [0.29, 0.717) is 0 Å². The lowest BCUT2D eigenvalue weighted by molar-refractivity contribution is -0.170. The van der Waals surface area contributed by atoms with Crippen LogP contribution in [0.1, 0.15) is 56.1 Å². The summed E-state index contributed by atoms with van der Waals surface area (Å²) in [4.78, 5) is 26.3. The van der Waals surface area contributed by atoms with E-state index in [2.05, 4.69) is 53.8 Å². The smallest absolute Gasteiger partial charge is 0.311 e. The van der Waals surface area contributed by atoms with Gasteiger partial charge in [0.2, 0.25) is 0 Å². The average molecular weight is 530 g/mol. The van der Waals surface area contributed by atoms with Crippen molar-refractivity contribution < 1.29 is 19.4 Å². The summed E-state index contributed by atoms with van der Waals surface area (Å²) in [5, 5.41) is 10.3. The third-order valence-corrected chi connectivity index (χ3v) is 9.46. The van der Waals surface area contributed by atoms with Gasteiger partial charge in [0, 0.05) is 17.3 Å². The van der Waals surface area contributed by atoms with E-state index in [9.17, 15) is 14.7 Å². The fourth-order valence-corrected chi connectivity index (χ4v) is 7.35. The van der Waals surface area contributed by atoms with Crippen molar-refractivity contribution >= 4 is 34.5 Å². The van der Waals surface area contributed by atoms with Crippen molar-refractivity contribution in [1.29, 1.82) is 0 Å². The lowest BCUT2D eigenvalue weighted by Gasteiger charge is -2.60. The SMILES string of the molecule is CC1=C(I)CCCC1OC(=O)C1C(C(=O)O)C2c3ccccc3C1C1C=CC=CC12C. The van der Waals surface area contributed by atoms with Crippen LogP contribution < -0.4 is 0 Å². The number of allylic oxidation sites excluding steroid dienone is 5. The van der Waals surface area contributed by atoms with Crippen LogP contribution in [-0.2, 0) is 14.3 Å². The number of esters is 1. The first-order valence-corrected chi connectivity index (χ1v) is 12.2. The van der Waals surface area contributed by atoms with Crippen LogP contribution in [0.15, 0.2) is 57.7 Å². The van der Waals surface area contributed by atoms with E-state index in [4.69, 9.17) is 4.74 Å². The molecule has 31 heavy (non-hydrogen) atoms. The Bertz CT molecular complexity index is 1040. The van der Waals surface area contributed by atoms with Crippen molar-refractivity contribution in [2.75, 3.05) is 0 Å². The normalized spacial score (nSPS) is 37.9. The monoisotopic (exact) mass is 530 g/mol. The minimum atomic E-state index is -0.903. The standard InChI is InChI=1S/C26H27IO4/c1-14-18(27)11-7-12-19(14)31-25(30)21-20-15-8-3-4-9-16(15)23(22(21)24(28)29)26(2)13-6-5-10-17(20)26/h3-6,8-10,13,17,19-23H,7,11-12H2,1-2H3,(H,28,29). The van der Waals surface area contributed by atoms with E-state index in [1.165, 1.54) is 3.58 Å². The second kappa shape index (κ2) is 7.61. The van der Waals surface area contributed by atoms with Gasteiger partial charge in [0.25, 0.3) is 0 Å². The Hall–Kier alpha value is -1.89. The summed E-state index contributed by atoms with van der Waals surface area (Å²) < 4.78 is 7.32. The number of carbonyl (C=O) groups excluding carboxylic acids is 1. The lowest BCUT2D eigenvalue weighted by Crippen LogP contribution is -2.58. The number of fused-ring (bicyclic) bond motifs is 1. The number of hydrogen-bond donors (Lipinski definition) is 1. The van der Waals surface area contributed by atoms with Crippen molar-refractivity contribution in [3.8, 4) is 0 Å². The largest absolute Gasteiger partial charge is 0.481 e. The summed E-state index contributed by atoms with van der Waals surface area (Å²) in [5.74, 6) is -3.12. The maximum Gasteiger partial charge on any atom is 0.311 e. The number of carbonyl (C=O) groups is 2. The van der Waals surface area contributed by atoms with Gasteiger partial charge in [-0.2, -0.15) is 0 Å². The van der Waals surface area contributed by atoms with E-state index in [0.717, 1.165) is 36.0 Å². The molecule has 4 nitrogen and oxygen atoms in total. The zero-order chi connectivity index (χ0) is 21.9. The van der Waals surface area contributed by atoms with Gasteiger partial charge in [0.1, 0.15) is 6.10 Å². The van der Waals surface area contributed by atoms with Crippen LogP contribution in [0.2, 0.25) is 0 Å². The lowest BCUT2D eigenvalue weighted by atomic mass is 9.42. The number of carboxylic acid groups (broad SMARTS) is 1. The van der Waals surface area contributed by atoms with Gasteiger partial charge in [-0.1, -0.05) is 55.5 Å². The first-order chi connectivity index (χ1) is 14.8. The highest BCUT2D eigenvalue weighted by molar-refractivity contribution is 14.1. The zero-order valence-electron chi connectivity index (χ0n) is 17.8. The Morgan fingerprint density at radius 3 is 2.65 bits per heavy atom. The summed E-state index contributed by atoms with van der Waals surface area (Å²) in [7, 11) is 0. The molecule has 1 aromatic carbocycles. The van der Waals surface area contributed by atoms with E-state index < -0.39 is 17.8 Å². The van der Waals surface area contributed by atoms with Gasteiger partial charge in [-0.25, -0.2) is 0 Å². The molecule has 162 valence electrons. The molecule has 5 aliphatic carbocycles. The minimum Gasteiger partial charge on any atom is -0.481 e. The Morgan fingerprint density at radius 1 is 1.16 bits per heavy atom. The molecule has 1 aromatic rings. The molecule has 1 fully saturated rings. The number of hydrogen-bond acceptors (Lipinski definition) is 3. The number of halogens is 1. The van der Waals surface area contributed by atoms with Crippen LogP contribution in [0.25, 0.3) is 0 Å². The molecule has 0 spiro atoms. The predicted molar refractivity (Wildman–Crippen MR) is 127 cm³/mol. The Kier molecular flexibility index (Phi) is 5.15. The van der Waals surface area contributed by atoms with Gasteiger partial charge < -0.3 is 9.84 Å². The summed E-state index contributed by atoms with van der Waals surface area (Å²) in [6.07, 6.45) is 10.9. The molecule has 0 saturated heterocycles. The van der Waals surface area contributed by atoms with Gasteiger partial charge in [-0.3, -0.25) is 9.59 Å². The molecule has 6 rings (SSSR count). The highest BCUT2D eigenvalue weighted by Gasteiger charge is 2.64. The Labute approximate surface area is 196 Å². The van der Waals surface area contributed by atoms with Crippen molar-refractivity contribution in [2.24, 2.45) is 23.2 Å². The molecule has 0 heterocycles. The van der Waals surface area contributed by atoms with Crippen molar-refractivity contribution in [3.63, 3.8) is 0 Å². The van der Waals surface area contributed by atoms with Gasteiger partial charge in [-0.15, -0.1) is 0 Å². The maximum atomic E-state index is 13.7. The Balaban J connectivity index is 1.60. The summed E-state index contributed by atoms with van der Waals surface area (Å²) >= 11 is 2.34. The van der Waals surface area contributed by atoms with Crippen molar-refractivity contribution in [1.82, 2.24) is 0 Å². The predicted octanol–water partition coefficient (Wildman–Crippen LogP) is 5.75. The fourth-order valence-electron chi connectivity index (χ4n) is 6.62. The molecule has 0 radical (unpaired) electrons. The third kappa shape index (κ3) is 3.06. The molecule has 0 aliphatic heterocycles. The molecule has 0 aromatic heterocycles. The highest BCUT2D eigenvalue weighted by atomic mass is 127. The number of carboxylic acids is 1. The molecule has 1 saturated carbocycles. The van der Waals surface area contributed by atoms with Gasteiger partial charge in [0.05, 0.1) is 11.8 Å². The number of benzene rings is 1. The van der Waals surface area contributed by atoms with Crippen LogP contribution in [-0.4, -0.2) is 23.1 Å². The van der Waals surface area contributed by atoms with Crippen LogP contribution in [0.4, 0.5) is 0 Å². The molecule has 2 bridgehead atoms. The molecule has 1 N–H and O–H groups in total. The number of rotatable bonds is 3. The summed E-state index contributed by atoms with van der Waals surface area (Å²) in [6.45, 7) is 4.18. The van der Waals surface area contributed by atoms with E-state index >= 15 is 0 Å². The molecule has 5 heteroatoms. The van der Waals surface area contributed by atoms with Crippen molar-refractivity contribution in [2.45, 2.75) is 51.0 Å². The molecule has 5 aliphatic rings. The molecule has 7 unspecified atom stereocenters.